The predicted octanol–water partition coefficient (Wildman–Crippen LogP) is 1.58. The highest BCUT2D eigenvalue weighted by molar-refractivity contribution is 5.34. The van der Waals surface area contributed by atoms with Gasteiger partial charge in [0.1, 0.15) is 0 Å². The number of hydrogen-bond acceptors (Lipinski definition) is 4. The van der Waals surface area contributed by atoms with E-state index in [0.29, 0.717) is 12.1 Å². The summed E-state index contributed by atoms with van der Waals surface area (Å²) in [6, 6.07) is 8.72. The van der Waals surface area contributed by atoms with Crippen LogP contribution >= 0.6 is 0 Å². The van der Waals surface area contributed by atoms with Gasteiger partial charge in [-0.2, -0.15) is 15.0 Å². The van der Waals surface area contributed by atoms with E-state index in [4.69, 9.17) is 4.74 Å². The monoisotopic (exact) mass is 272 g/mol. The molecule has 0 saturated carbocycles. The summed E-state index contributed by atoms with van der Waals surface area (Å²) in [5.41, 5.74) is 2.27. The molecule has 20 heavy (non-hydrogen) atoms. The third kappa shape index (κ3) is 3.05. The molecule has 0 aliphatic carbocycles. The number of aromatic nitrogens is 3. The average Bonchev–Trinajstić information content (AvgIpc) is 3.03. The van der Waals surface area contributed by atoms with Crippen LogP contribution in [0.3, 0.4) is 0 Å². The maximum absolute atomic E-state index is 5.82. The largest absolute Gasteiger partial charge is 0.375 e. The number of morpholine rings is 1. The molecule has 1 aromatic heterocycles. The lowest BCUT2D eigenvalue weighted by Gasteiger charge is -2.30. The molecule has 1 aliphatic rings. The van der Waals surface area contributed by atoms with Crippen LogP contribution in [0.15, 0.2) is 36.7 Å². The second-order valence-electron chi connectivity index (χ2n) is 5.16. The zero-order valence-corrected chi connectivity index (χ0v) is 11.7. The molecule has 0 unspecified atom stereocenters. The first kappa shape index (κ1) is 13.3. The van der Waals surface area contributed by atoms with E-state index in [1.807, 2.05) is 12.1 Å². The fourth-order valence-corrected chi connectivity index (χ4v) is 2.50. The van der Waals surface area contributed by atoms with Crippen LogP contribution < -0.4 is 5.32 Å². The third-order valence-electron chi connectivity index (χ3n) is 3.67. The second kappa shape index (κ2) is 6.15. The van der Waals surface area contributed by atoms with Crippen LogP contribution in [-0.2, 0) is 11.2 Å². The maximum atomic E-state index is 5.82. The molecular formula is C15H20N4O. The van der Waals surface area contributed by atoms with Gasteiger partial charge in [0.15, 0.2) is 0 Å². The van der Waals surface area contributed by atoms with Gasteiger partial charge in [-0.3, -0.25) is 0 Å². The summed E-state index contributed by atoms with van der Waals surface area (Å²) in [4.78, 5) is 1.64. The van der Waals surface area contributed by atoms with Gasteiger partial charge in [0, 0.05) is 12.6 Å². The van der Waals surface area contributed by atoms with Crippen molar-refractivity contribution in [3.8, 4) is 5.69 Å². The molecule has 5 heteroatoms. The van der Waals surface area contributed by atoms with Crippen LogP contribution in [0.2, 0.25) is 0 Å². The topological polar surface area (TPSA) is 52.0 Å². The first-order chi connectivity index (χ1) is 9.85. The van der Waals surface area contributed by atoms with Gasteiger partial charge in [0.2, 0.25) is 0 Å². The van der Waals surface area contributed by atoms with E-state index < -0.39 is 0 Å². The number of hydrogen-bond donors (Lipinski definition) is 1. The second-order valence-corrected chi connectivity index (χ2v) is 5.16. The summed E-state index contributed by atoms with van der Waals surface area (Å²) < 4.78 is 5.82. The molecule has 0 amide bonds. The molecular weight excluding hydrogens is 252 g/mol. The van der Waals surface area contributed by atoms with E-state index >= 15 is 0 Å². The Kier molecular flexibility index (Phi) is 4.08. The van der Waals surface area contributed by atoms with Crippen molar-refractivity contribution >= 4 is 0 Å². The number of ether oxygens (including phenoxy) is 1. The minimum atomic E-state index is 0.367. The van der Waals surface area contributed by atoms with Crippen LogP contribution in [0, 0.1) is 0 Å². The Morgan fingerprint density at radius 1 is 1.35 bits per heavy atom. The van der Waals surface area contributed by atoms with Crippen molar-refractivity contribution in [3.05, 3.63) is 42.2 Å². The first-order valence-corrected chi connectivity index (χ1v) is 7.15. The molecule has 2 heterocycles. The quantitative estimate of drug-likeness (QED) is 0.918. The Hall–Kier alpha value is -1.72. The SMILES string of the molecule is CC[C@@H]1CN[C@H](Cc2cccc(-n3nccn3)c2)CO1. The number of rotatable bonds is 4. The zero-order valence-electron chi connectivity index (χ0n) is 11.7. The molecule has 2 atom stereocenters. The van der Waals surface area contributed by atoms with Crippen LogP contribution in [0.4, 0.5) is 0 Å². The Balaban J connectivity index is 1.65. The summed E-state index contributed by atoms with van der Waals surface area (Å²) in [6.07, 6.45) is 5.78. The average molecular weight is 272 g/mol. The van der Waals surface area contributed by atoms with Gasteiger partial charge in [-0.1, -0.05) is 19.1 Å². The first-order valence-electron chi connectivity index (χ1n) is 7.15. The highest BCUT2D eigenvalue weighted by Gasteiger charge is 2.19. The van der Waals surface area contributed by atoms with Crippen molar-refractivity contribution in [1.29, 1.82) is 0 Å². The number of nitrogens with zero attached hydrogens (tertiary/aromatic N) is 3. The van der Waals surface area contributed by atoms with Gasteiger partial charge >= 0.3 is 0 Å². The fourth-order valence-electron chi connectivity index (χ4n) is 2.50. The van der Waals surface area contributed by atoms with Crippen molar-refractivity contribution in [2.24, 2.45) is 0 Å². The van der Waals surface area contributed by atoms with E-state index in [2.05, 4.69) is 34.6 Å². The summed E-state index contributed by atoms with van der Waals surface area (Å²) >= 11 is 0. The minimum absolute atomic E-state index is 0.367. The molecule has 1 saturated heterocycles. The zero-order chi connectivity index (χ0) is 13.8. The van der Waals surface area contributed by atoms with Crippen molar-refractivity contribution in [2.75, 3.05) is 13.2 Å². The molecule has 1 aliphatic heterocycles. The van der Waals surface area contributed by atoms with Crippen LogP contribution in [-0.4, -0.2) is 40.3 Å². The lowest BCUT2D eigenvalue weighted by Crippen LogP contribution is -2.47. The molecule has 3 rings (SSSR count). The Morgan fingerprint density at radius 3 is 2.90 bits per heavy atom. The normalized spacial score (nSPS) is 22.9. The number of benzene rings is 1. The summed E-state index contributed by atoms with van der Waals surface area (Å²) in [5.74, 6) is 0. The summed E-state index contributed by atoms with van der Waals surface area (Å²) in [7, 11) is 0. The molecule has 106 valence electrons. The van der Waals surface area contributed by atoms with E-state index in [1.165, 1.54) is 5.56 Å². The van der Waals surface area contributed by atoms with E-state index in [0.717, 1.165) is 31.7 Å². The standard InChI is InChI=1S/C15H20N4O/c1-2-15-10-16-13(11-20-15)8-12-4-3-5-14(9-12)19-17-6-7-18-19/h3-7,9,13,15-16H,2,8,10-11H2,1H3/t13-,15-/m1/s1. The lowest BCUT2D eigenvalue weighted by molar-refractivity contribution is 0.00272. The fraction of sp³-hybridized carbons (Fsp3) is 0.467. The molecule has 0 spiro atoms. The predicted molar refractivity (Wildman–Crippen MR) is 76.9 cm³/mol. The van der Waals surface area contributed by atoms with Crippen LogP contribution in [0.5, 0.6) is 0 Å². The van der Waals surface area contributed by atoms with Gasteiger partial charge < -0.3 is 10.1 Å². The molecule has 1 N–H and O–H groups in total. The van der Waals surface area contributed by atoms with Gasteiger partial charge in [-0.05, 0) is 30.5 Å². The van der Waals surface area contributed by atoms with Crippen molar-refractivity contribution in [1.82, 2.24) is 20.3 Å². The molecule has 0 bridgehead atoms. The minimum Gasteiger partial charge on any atom is -0.375 e. The third-order valence-corrected chi connectivity index (χ3v) is 3.67. The molecule has 1 fully saturated rings. The molecule has 1 aromatic carbocycles. The highest BCUT2D eigenvalue weighted by Crippen LogP contribution is 2.13. The molecule has 5 nitrogen and oxygen atoms in total. The van der Waals surface area contributed by atoms with Crippen molar-refractivity contribution < 1.29 is 4.74 Å². The van der Waals surface area contributed by atoms with Crippen LogP contribution in [0.25, 0.3) is 5.69 Å². The maximum Gasteiger partial charge on any atom is 0.0859 e. The van der Waals surface area contributed by atoms with Gasteiger partial charge in [0.25, 0.3) is 0 Å². The summed E-state index contributed by atoms with van der Waals surface area (Å²) in [5, 5.41) is 11.9. The number of nitrogens with one attached hydrogen (secondary N) is 1. The molecule has 2 aromatic rings. The van der Waals surface area contributed by atoms with Gasteiger partial charge in [0.05, 0.1) is 30.8 Å². The van der Waals surface area contributed by atoms with Crippen molar-refractivity contribution in [2.45, 2.75) is 31.9 Å². The van der Waals surface area contributed by atoms with Crippen molar-refractivity contribution in [3.63, 3.8) is 0 Å². The van der Waals surface area contributed by atoms with Gasteiger partial charge in [-0.25, -0.2) is 0 Å². The Morgan fingerprint density at radius 2 is 2.20 bits per heavy atom. The summed E-state index contributed by atoms with van der Waals surface area (Å²) in [6.45, 7) is 3.89. The highest BCUT2D eigenvalue weighted by atomic mass is 16.5. The Bertz CT molecular complexity index is 533. The smallest absolute Gasteiger partial charge is 0.0859 e. The van der Waals surface area contributed by atoms with E-state index in [1.54, 1.807) is 17.2 Å². The lowest BCUT2D eigenvalue weighted by atomic mass is 10.0. The Labute approximate surface area is 118 Å². The van der Waals surface area contributed by atoms with E-state index in [-0.39, 0.29) is 0 Å². The van der Waals surface area contributed by atoms with Crippen LogP contribution in [0.1, 0.15) is 18.9 Å². The van der Waals surface area contributed by atoms with Gasteiger partial charge in [-0.15, -0.1) is 0 Å². The van der Waals surface area contributed by atoms with E-state index in [9.17, 15) is 0 Å². The molecule has 0 radical (unpaired) electrons.